The van der Waals surface area contributed by atoms with Crippen molar-refractivity contribution in [2.75, 3.05) is 13.1 Å². The van der Waals surface area contributed by atoms with Gasteiger partial charge < -0.3 is 16.2 Å². The summed E-state index contributed by atoms with van der Waals surface area (Å²) in [6, 6.07) is 8.37. The van der Waals surface area contributed by atoms with Crippen molar-refractivity contribution < 1.29 is 5.11 Å². The maximum Gasteiger partial charge on any atom is 0.0676 e. The summed E-state index contributed by atoms with van der Waals surface area (Å²) in [5.41, 5.74) is 7.84. The van der Waals surface area contributed by atoms with E-state index < -0.39 is 0 Å². The molecule has 0 bridgehead atoms. The molecule has 0 fully saturated rings. The van der Waals surface area contributed by atoms with E-state index in [9.17, 15) is 5.11 Å². The van der Waals surface area contributed by atoms with Gasteiger partial charge >= 0.3 is 0 Å². The van der Waals surface area contributed by atoms with Crippen LogP contribution in [-0.4, -0.2) is 24.3 Å². The highest BCUT2D eigenvalue weighted by Gasteiger charge is 2.01. The maximum absolute atomic E-state index is 9.43. The predicted octanol–water partition coefficient (Wildman–Crippen LogP) is 0.794. The lowest BCUT2D eigenvalue weighted by Gasteiger charge is -2.10. The molecule has 3 heteroatoms. The maximum atomic E-state index is 9.43. The summed E-state index contributed by atoms with van der Waals surface area (Å²) in [5, 5.41) is 12.6. The Hall–Kier alpha value is -0.900. The number of hydrogen-bond donors (Lipinski definition) is 3. The van der Waals surface area contributed by atoms with Crippen LogP contribution < -0.4 is 11.1 Å². The van der Waals surface area contributed by atoms with Crippen molar-refractivity contribution in [1.82, 2.24) is 5.32 Å². The summed E-state index contributed by atoms with van der Waals surface area (Å²) in [4.78, 5) is 0. The first kappa shape index (κ1) is 12.2. The fraction of sp³-hybridized carbons (Fsp3) is 0.500. The molecule has 1 unspecified atom stereocenters. The van der Waals surface area contributed by atoms with Gasteiger partial charge in [0.1, 0.15) is 0 Å². The van der Waals surface area contributed by atoms with E-state index >= 15 is 0 Å². The molecule has 1 aromatic rings. The van der Waals surface area contributed by atoms with Gasteiger partial charge in [0.2, 0.25) is 0 Å². The molecule has 0 aliphatic rings. The Kier molecular flexibility index (Phi) is 5.32. The van der Waals surface area contributed by atoms with E-state index in [0.717, 1.165) is 6.54 Å². The lowest BCUT2D eigenvalue weighted by Crippen LogP contribution is -2.28. The summed E-state index contributed by atoms with van der Waals surface area (Å²) in [5.74, 6) is 0. The van der Waals surface area contributed by atoms with Crippen molar-refractivity contribution in [2.45, 2.75) is 26.0 Å². The van der Waals surface area contributed by atoms with Crippen LogP contribution in [0, 0.1) is 6.92 Å². The molecule has 0 spiro atoms. The topological polar surface area (TPSA) is 58.3 Å². The zero-order chi connectivity index (χ0) is 11.1. The first-order valence-corrected chi connectivity index (χ1v) is 5.36. The molecule has 0 radical (unpaired) electrons. The minimum Gasteiger partial charge on any atom is -0.392 e. The number of nitrogens with two attached hydrogens (primary N) is 1. The van der Waals surface area contributed by atoms with Gasteiger partial charge in [0.15, 0.2) is 0 Å². The van der Waals surface area contributed by atoms with E-state index in [1.807, 2.05) is 0 Å². The van der Waals surface area contributed by atoms with Crippen molar-refractivity contribution in [3.05, 3.63) is 35.4 Å². The van der Waals surface area contributed by atoms with Gasteiger partial charge in [0, 0.05) is 13.1 Å². The molecule has 3 nitrogen and oxygen atoms in total. The molecular formula is C12H20N2O. The zero-order valence-electron chi connectivity index (χ0n) is 9.24. The van der Waals surface area contributed by atoms with E-state index in [0.29, 0.717) is 19.5 Å². The molecule has 0 heterocycles. The molecule has 0 amide bonds. The van der Waals surface area contributed by atoms with Crippen LogP contribution >= 0.6 is 0 Å². The highest BCUT2D eigenvalue weighted by molar-refractivity contribution is 5.20. The summed E-state index contributed by atoms with van der Waals surface area (Å²) >= 11 is 0. The Morgan fingerprint density at radius 3 is 2.60 bits per heavy atom. The molecule has 1 atom stereocenters. The second-order valence-corrected chi connectivity index (χ2v) is 3.85. The lowest BCUT2D eigenvalue weighted by atomic mass is 10.1. The normalized spacial score (nSPS) is 12.7. The van der Waals surface area contributed by atoms with E-state index in [1.165, 1.54) is 11.1 Å². The SMILES string of the molecule is Cc1ccc(CNCC(O)CCN)cc1. The van der Waals surface area contributed by atoms with Crippen LogP contribution in [0.25, 0.3) is 0 Å². The first-order chi connectivity index (χ1) is 7.22. The van der Waals surface area contributed by atoms with Crippen molar-refractivity contribution in [3.63, 3.8) is 0 Å². The Bertz CT molecular complexity index is 271. The van der Waals surface area contributed by atoms with E-state index in [1.54, 1.807) is 0 Å². The number of aryl methyl sites for hydroxylation is 1. The van der Waals surface area contributed by atoms with Crippen molar-refractivity contribution in [3.8, 4) is 0 Å². The number of aliphatic hydroxyl groups is 1. The summed E-state index contributed by atoms with van der Waals surface area (Å²) < 4.78 is 0. The van der Waals surface area contributed by atoms with Gasteiger partial charge in [0.25, 0.3) is 0 Å². The third kappa shape index (κ3) is 4.93. The molecule has 0 saturated heterocycles. The van der Waals surface area contributed by atoms with Crippen LogP contribution in [0.1, 0.15) is 17.5 Å². The second-order valence-electron chi connectivity index (χ2n) is 3.85. The van der Waals surface area contributed by atoms with E-state index in [4.69, 9.17) is 5.73 Å². The highest BCUT2D eigenvalue weighted by Crippen LogP contribution is 2.02. The Balaban J connectivity index is 2.22. The van der Waals surface area contributed by atoms with Crippen molar-refractivity contribution >= 4 is 0 Å². The van der Waals surface area contributed by atoms with Crippen LogP contribution in [0.4, 0.5) is 0 Å². The Labute approximate surface area is 91.3 Å². The molecular weight excluding hydrogens is 188 g/mol. The van der Waals surface area contributed by atoms with Gasteiger partial charge in [-0.2, -0.15) is 0 Å². The van der Waals surface area contributed by atoms with Gasteiger partial charge in [-0.1, -0.05) is 29.8 Å². The van der Waals surface area contributed by atoms with Gasteiger partial charge in [-0.3, -0.25) is 0 Å². The molecule has 0 aliphatic heterocycles. The molecule has 1 aromatic carbocycles. The van der Waals surface area contributed by atoms with Crippen LogP contribution in [0.3, 0.4) is 0 Å². The molecule has 0 aliphatic carbocycles. The average Bonchev–Trinajstić information content (AvgIpc) is 2.21. The first-order valence-electron chi connectivity index (χ1n) is 5.36. The zero-order valence-corrected chi connectivity index (χ0v) is 9.24. The van der Waals surface area contributed by atoms with Crippen molar-refractivity contribution in [1.29, 1.82) is 0 Å². The van der Waals surface area contributed by atoms with Crippen LogP contribution in [0.5, 0.6) is 0 Å². The third-order valence-electron chi connectivity index (χ3n) is 2.33. The smallest absolute Gasteiger partial charge is 0.0676 e. The van der Waals surface area contributed by atoms with Gasteiger partial charge in [-0.15, -0.1) is 0 Å². The van der Waals surface area contributed by atoms with Crippen LogP contribution in [0.15, 0.2) is 24.3 Å². The van der Waals surface area contributed by atoms with E-state index in [-0.39, 0.29) is 6.10 Å². The number of aliphatic hydroxyl groups excluding tert-OH is 1. The third-order valence-corrected chi connectivity index (χ3v) is 2.33. The Morgan fingerprint density at radius 2 is 2.00 bits per heavy atom. The standard InChI is InChI=1S/C12H20N2O/c1-10-2-4-11(5-3-10)8-14-9-12(15)6-7-13/h2-5,12,14-15H,6-9,13H2,1H3. The minimum absolute atomic E-state index is 0.333. The molecule has 84 valence electrons. The summed E-state index contributed by atoms with van der Waals surface area (Å²) in [7, 11) is 0. The Morgan fingerprint density at radius 1 is 1.33 bits per heavy atom. The highest BCUT2D eigenvalue weighted by atomic mass is 16.3. The fourth-order valence-corrected chi connectivity index (χ4v) is 1.38. The van der Waals surface area contributed by atoms with E-state index in [2.05, 4.69) is 36.5 Å². The molecule has 4 N–H and O–H groups in total. The quantitative estimate of drug-likeness (QED) is 0.648. The minimum atomic E-state index is -0.333. The number of rotatable bonds is 6. The van der Waals surface area contributed by atoms with Crippen LogP contribution in [-0.2, 0) is 6.54 Å². The number of hydrogen-bond acceptors (Lipinski definition) is 3. The summed E-state index contributed by atoms with van der Waals surface area (Å²) in [6.45, 7) is 4.00. The molecule has 0 saturated carbocycles. The average molecular weight is 208 g/mol. The molecule has 15 heavy (non-hydrogen) atoms. The van der Waals surface area contributed by atoms with Gasteiger partial charge in [0.05, 0.1) is 6.10 Å². The fourth-order valence-electron chi connectivity index (χ4n) is 1.38. The largest absolute Gasteiger partial charge is 0.392 e. The monoisotopic (exact) mass is 208 g/mol. The van der Waals surface area contributed by atoms with Crippen LogP contribution in [0.2, 0.25) is 0 Å². The van der Waals surface area contributed by atoms with Crippen molar-refractivity contribution in [2.24, 2.45) is 5.73 Å². The molecule has 1 rings (SSSR count). The van der Waals surface area contributed by atoms with Gasteiger partial charge in [-0.25, -0.2) is 0 Å². The van der Waals surface area contributed by atoms with Gasteiger partial charge in [-0.05, 0) is 25.5 Å². The number of nitrogens with one attached hydrogen (secondary N) is 1. The predicted molar refractivity (Wildman–Crippen MR) is 62.6 cm³/mol. The number of benzene rings is 1. The second kappa shape index (κ2) is 6.56. The summed E-state index contributed by atoms with van der Waals surface area (Å²) in [6.07, 6.45) is 0.321. The lowest BCUT2D eigenvalue weighted by molar-refractivity contribution is 0.164. The molecule has 0 aromatic heterocycles.